The van der Waals surface area contributed by atoms with E-state index in [0.29, 0.717) is 19.0 Å². The SMILES string of the molecule is CC1CN(S(=O)(=O)c2cnccc2Cl)CC1N(C)C. The van der Waals surface area contributed by atoms with Crippen molar-refractivity contribution in [2.75, 3.05) is 27.2 Å². The summed E-state index contributed by atoms with van der Waals surface area (Å²) < 4.78 is 26.6. The fraction of sp³-hybridized carbons (Fsp3) is 0.583. The van der Waals surface area contributed by atoms with Crippen LogP contribution in [0.3, 0.4) is 0 Å². The fourth-order valence-corrected chi connectivity index (χ4v) is 4.43. The second-order valence-corrected chi connectivity index (χ2v) is 7.45. The number of rotatable bonds is 3. The number of halogens is 1. The minimum atomic E-state index is -3.56. The van der Waals surface area contributed by atoms with Crippen LogP contribution in [0, 0.1) is 5.92 Å². The Labute approximate surface area is 119 Å². The Bertz CT molecular complexity index is 562. The Morgan fingerprint density at radius 3 is 2.63 bits per heavy atom. The molecule has 1 saturated heterocycles. The van der Waals surface area contributed by atoms with Gasteiger partial charge in [0.15, 0.2) is 0 Å². The van der Waals surface area contributed by atoms with Gasteiger partial charge in [0.1, 0.15) is 4.90 Å². The summed E-state index contributed by atoms with van der Waals surface area (Å²) in [5.41, 5.74) is 0. The van der Waals surface area contributed by atoms with Crippen LogP contribution in [0.5, 0.6) is 0 Å². The van der Waals surface area contributed by atoms with Crippen molar-refractivity contribution in [3.05, 3.63) is 23.5 Å². The smallest absolute Gasteiger partial charge is 0.246 e. The molecular formula is C12H18ClN3O2S. The lowest BCUT2D eigenvalue weighted by Crippen LogP contribution is -2.35. The third kappa shape index (κ3) is 2.76. The van der Waals surface area contributed by atoms with E-state index in [1.165, 1.54) is 22.8 Å². The third-order valence-electron chi connectivity index (χ3n) is 3.55. The van der Waals surface area contributed by atoms with Crippen LogP contribution in [-0.4, -0.2) is 55.8 Å². The summed E-state index contributed by atoms with van der Waals surface area (Å²) in [6.45, 7) is 3.06. The summed E-state index contributed by atoms with van der Waals surface area (Å²) >= 11 is 5.97. The van der Waals surface area contributed by atoms with Crippen molar-refractivity contribution in [1.29, 1.82) is 0 Å². The fourth-order valence-electron chi connectivity index (χ4n) is 2.47. The van der Waals surface area contributed by atoms with Gasteiger partial charge in [-0.05, 0) is 26.1 Å². The Morgan fingerprint density at radius 1 is 1.42 bits per heavy atom. The normalized spacial score (nSPS) is 25.1. The van der Waals surface area contributed by atoms with Crippen LogP contribution in [0.15, 0.2) is 23.4 Å². The molecule has 2 rings (SSSR count). The molecule has 0 radical (unpaired) electrons. The lowest BCUT2D eigenvalue weighted by atomic mass is 10.1. The average Bonchev–Trinajstić information content (AvgIpc) is 2.72. The van der Waals surface area contributed by atoms with E-state index in [9.17, 15) is 8.42 Å². The summed E-state index contributed by atoms with van der Waals surface area (Å²) in [5, 5.41) is 0.218. The number of hydrogen-bond acceptors (Lipinski definition) is 4. The van der Waals surface area contributed by atoms with E-state index in [4.69, 9.17) is 11.6 Å². The van der Waals surface area contributed by atoms with Crippen molar-refractivity contribution in [2.24, 2.45) is 5.92 Å². The highest BCUT2D eigenvalue weighted by molar-refractivity contribution is 7.89. The molecule has 0 bridgehead atoms. The summed E-state index contributed by atoms with van der Waals surface area (Å²) in [6, 6.07) is 1.72. The number of hydrogen-bond donors (Lipinski definition) is 0. The maximum atomic E-state index is 12.6. The van der Waals surface area contributed by atoms with Gasteiger partial charge < -0.3 is 4.90 Å². The van der Waals surface area contributed by atoms with E-state index in [1.54, 1.807) is 0 Å². The van der Waals surface area contributed by atoms with Gasteiger partial charge in [-0.25, -0.2) is 8.42 Å². The molecule has 1 aromatic heterocycles. The summed E-state index contributed by atoms with van der Waals surface area (Å²) in [4.78, 5) is 6.00. The second kappa shape index (κ2) is 5.36. The monoisotopic (exact) mass is 303 g/mol. The van der Waals surface area contributed by atoms with E-state index < -0.39 is 10.0 Å². The first-order chi connectivity index (χ1) is 8.84. The highest BCUT2D eigenvalue weighted by atomic mass is 35.5. The highest BCUT2D eigenvalue weighted by Crippen LogP contribution is 2.29. The molecule has 1 aliphatic heterocycles. The zero-order chi connectivity index (χ0) is 14.2. The second-order valence-electron chi connectivity index (χ2n) is 5.14. The van der Waals surface area contributed by atoms with E-state index in [-0.39, 0.29) is 16.0 Å². The largest absolute Gasteiger partial charge is 0.305 e. The minimum absolute atomic E-state index is 0.0864. The Balaban J connectivity index is 2.30. The molecular weight excluding hydrogens is 286 g/mol. The Hall–Kier alpha value is -0.690. The first kappa shape index (κ1) is 14.7. The maximum Gasteiger partial charge on any atom is 0.246 e. The number of sulfonamides is 1. The van der Waals surface area contributed by atoms with Gasteiger partial charge >= 0.3 is 0 Å². The predicted molar refractivity (Wildman–Crippen MR) is 74.6 cm³/mol. The van der Waals surface area contributed by atoms with Gasteiger partial charge in [-0.1, -0.05) is 18.5 Å². The molecule has 1 aromatic rings. The number of likely N-dealkylation sites (N-methyl/N-ethyl adjacent to an activating group) is 1. The van der Waals surface area contributed by atoms with Crippen LogP contribution in [-0.2, 0) is 10.0 Å². The number of aromatic nitrogens is 1. The molecule has 0 spiro atoms. The molecule has 7 heteroatoms. The van der Waals surface area contributed by atoms with Gasteiger partial charge in [-0.15, -0.1) is 0 Å². The van der Waals surface area contributed by atoms with Crippen molar-refractivity contribution < 1.29 is 8.42 Å². The lowest BCUT2D eigenvalue weighted by Gasteiger charge is -2.22. The van der Waals surface area contributed by atoms with Gasteiger partial charge in [0.25, 0.3) is 0 Å². The van der Waals surface area contributed by atoms with Gasteiger partial charge in [0.2, 0.25) is 10.0 Å². The molecule has 2 unspecified atom stereocenters. The maximum absolute atomic E-state index is 12.6. The average molecular weight is 304 g/mol. The molecule has 2 atom stereocenters. The zero-order valence-electron chi connectivity index (χ0n) is 11.2. The molecule has 1 aliphatic rings. The Kier molecular flexibility index (Phi) is 4.15. The summed E-state index contributed by atoms with van der Waals surface area (Å²) in [6.07, 6.45) is 2.79. The van der Waals surface area contributed by atoms with Crippen molar-refractivity contribution in [3.63, 3.8) is 0 Å². The molecule has 1 fully saturated rings. The first-order valence-electron chi connectivity index (χ1n) is 6.10. The quantitative estimate of drug-likeness (QED) is 0.845. The highest BCUT2D eigenvalue weighted by Gasteiger charge is 2.38. The molecule has 5 nitrogen and oxygen atoms in total. The molecule has 2 heterocycles. The van der Waals surface area contributed by atoms with Gasteiger partial charge in [-0.3, -0.25) is 4.98 Å². The molecule has 0 aromatic carbocycles. The van der Waals surface area contributed by atoms with Crippen molar-refractivity contribution >= 4 is 21.6 Å². The van der Waals surface area contributed by atoms with Gasteiger partial charge in [0, 0.05) is 31.5 Å². The van der Waals surface area contributed by atoms with Crippen LogP contribution in [0.25, 0.3) is 0 Å². The predicted octanol–water partition coefficient (Wildman–Crippen LogP) is 1.31. The molecule has 0 saturated carbocycles. The molecule has 106 valence electrons. The number of nitrogens with zero attached hydrogens (tertiary/aromatic N) is 3. The summed E-state index contributed by atoms with van der Waals surface area (Å²) in [5.74, 6) is 0.292. The van der Waals surface area contributed by atoms with Gasteiger partial charge in [0.05, 0.1) is 5.02 Å². The van der Waals surface area contributed by atoms with E-state index >= 15 is 0 Å². The van der Waals surface area contributed by atoms with Crippen LogP contribution in [0.1, 0.15) is 6.92 Å². The van der Waals surface area contributed by atoms with Crippen LogP contribution in [0.2, 0.25) is 5.02 Å². The zero-order valence-corrected chi connectivity index (χ0v) is 12.8. The van der Waals surface area contributed by atoms with Crippen molar-refractivity contribution in [2.45, 2.75) is 17.9 Å². The van der Waals surface area contributed by atoms with Crippen LogP contribution >= 0.6 is 11.6 Å². The standard InChI is InChI=1S/C12H18ClN3O2S/c1-9-7-16(8-11(9)15(2)3)19(17,18)12-6-14-5-4-10(12)13/h4-6,9,11H,7-8H2,1-3H3. The molecule has 19 heavy (non-hydrogen) atoms. The molecule has 0 N–H and O–H groups in total. The first-order valence-corrected chi connectivity index (χ1v) is 7.92. The number of pyridine rings is 1. The van der Waals surface area contributed by atoms with Crippen molar-refractivity contribution in [1.82, 2.24) is 14.2 Å². The third-order valence-corrected chi connectivity index (χ3v) is 5.86. The lowest BCUT2D eigenvalue weighted by molar-refractivity contribution is 0.263. The molecule has 0 aliphatic carbocycles. The van der Waals surface area contributed by atoms with Gasteiger partial charge in [-0.2, -0.15) is 4.31 Å². The molecule has 0 amide bonds. The van der Waals surface area contributed by atoms with E-state index in [1.807, 2.05) is 14.1 Å². The van der Waals surface area contributed by atoms with Crippen LogP contribution < -0.4 is 0 Å². The van der Waals surface area contributed by atoms with E-state index in [2.05, 4.69) is 16.8 Å². The Morgan fingerprint density at radius 2 is 2.11 bits per heavy atom. The van der Waals surface area contributed by atoms with Crippen LogP contribution in [0.4, 0.5) is 0 Å². The summed E-state index contributed by atoms with van der Waals surface area (Å²) in [7, 11) is 0.377. The van der Waals surface area contributed by atoms with Crippen molar-refractivity contribution in [3.8, 4) is 0 Å². The topological polar surface area (TPSA) is 53.5 Å². The minimum Gasteiger partial charge on any atom is -0.305 e. The van der Waals surface area contributed by atoms with E-state index in [0.717, 1.165) is 0 Å².